The van der Waals surface area contributed by atoms with E-state index in [1.165, 1.54) is 32.2 Å². The number of hydrogen-bond donors (Lipinski definition) is 1. The number of nitrogens with zero attached hydrogens (tertiary/aromatic N) is 2. The molecule has 0 atom stereocenters. The number of hydrazone groups is 1. The highest BCUT2D eigenvalue weighted by Crippen LogP contribution is 2.20. The first kappa shape index (κ1) is 12.6. The minimum absolute atomic E-state index is 0.103. The Morgan fingerprint density at radius 1 is 1.59 bits per heavy atom. The van der Waals surface area contributed by atoms with Crippen LogP contribution in [0.2, 0.25) is 0 Å². The minimum atomic E-state index is -0.537. The second-order valence-electron chi connectivity index (χ2n) is 3.12. The van der Waals surface area contributed by atoms with Gasteiger partial charge in [0.15, 0.2) is 6.40 Å². The first-order chi connectivity index (χ1) is 8.07. The number of ether oxygens (including phenoxy) is 1. The van der Waals surface area contributed by atoms with Gasteiger partial charge >= 0.3 is 0 Å². The highest BCUT2D eigenvalue weighted by atomic mass is 16.6. The summed E-state index contributed by atoms with van der Waals surface area (Å²) >= 11 is 0. The fraction of sp³-hybridized carbons (Fsp3) is 0.200. The van der Waals surface area contributed by atoms with E-state index >= 15 is 0 Å². The third-order valence-electron chi connectivity index (χ3n) is 2.07. The summed E-state index contributed by atoms with van der Waals surface area (Å²) in [4.78, 5) is 21.8. The van der Waals surface area contributed by atoms with E-state index in [-0.39, 0.29) is 11.3 Å². The number of carbonyl (C=O) groups is 1. The van der Waals surface area contributed by atoms with Crippen LogP contribution in [0.3, 0.4) is 0 Å². The van der Waals surface area contributed by atoms with E-state index in [2.05, 4.69) is 15.3 Å². The molecule has 0 heterocycles. The highest BCUT2D eigenvalue weighted by Gasteiger charge is 2.17. The fourth-order valence-corrected chi connectivity index (χ4v) is 1.27. The average Bonchev–Trinajstić information content (AvgIpc) is 2.29. The summed E-state index contributed by atoms with van der Waals surface area (Å²) in [5.41, 5.74) is 2.58. The lowest BCUT2D eigenvalue weighted by atomic mass is 10.1. The molecule has 0 saturated carbocycles. The first-order valence-electron chi connectivity index (χ1n) is 4.66. The van der Waals surface area contributed by atoms with Gasteiger partial charge in [-0.3, -0.25) is 14.9 Å². The topological polar surface area (TPSA) is 93.8 Å². The molecule has 0 aromatic heterocycles. The molecule has 1 aromatic carbocycles. The summed E-state index contributed by atoms with van der Waals surface area (Å²) in [6.45, 7) is 1.51. The van der Waals surface area contributed by atoms with Gasteiger partial charge in [0.1, 0.15) is 0 Å². The Morgan fingerprint density at radius 3 is 2.88 bits per heavy atom. The molecule has 0 unspecified atom stereocenters. The van der Waals surface area contributed by atoms with Crippen LogP contribution in [-0.2, 0) is 4.74 Å². The van der Waals surface area contributed by atoms with Gasteiger partial charge in [-0.2, -0.15) is 0 Å². The Morgan fingerprint density at radius 2 is 2.29 bits per heavy atom. The second kappa shape index (κ2) is 5.59. The van der Waals surface area contributed by atoms with Crippen molar-refractivity contribution >= 4 is 18.0 Å². The van der Waals surface area contributed by atoms with Crippen molar-refractivity contribution in [3.05, 3.63) is 39.4 Å². The summed E-state index contributed by atoms with van der Waals surface area (Å²) in [7, 11) is 1.38. The third-order valence-corrected chi connectivity index (χ3v) is 2.07. The van der Waals surface area contributed by atoms with Gasteiger partial charge in [0.05, 0.1) is 17.6 Å². The molecule has 1 N–H and O–H groups in total. The van der Waals surface area contributed by atoms with Crippen LogP contribution >= 0.6 is 0 Å². The number of hydrogen-bond acceptors (Lipinski definition) is 5. The number of carbonyl (C=O) groups excluding carboxylic acids is 1. The summed E-state index contributed by atoms with van der Waals surface area (Å²) in [5, 5.41) is 14.1. The maximum absolute atomic E-state index is 11.6. The lowest BCUT2D eigenvalue weighted by Crippen LogP contribution is -2.19. The van der Waals surface area contributed by atoms with E-state index in [9.17, 15) is 14.9 Å². The number of nitrogens with one attached hydrogen (secondary N) is 1. The van der Waals surface area contributed by atoms with Crippen molar-refractivity contribution < 1.29 is 14.5 Å². The van der Waals surface area contributed by atoms with Crippen molar-refractivity contribution in [2.75, 3.05) is 7.11 Å². The van der Waals surface area contributed by atoms with Crippen molar-refractivity contribution in [3.8, 4) is 0 Å². The van der Waals surface area contributed by atoms with Crippen LogP contribution in [0.5, 0.6) is 0 Å². The molecule has 0 aliphatic heterocycles. The normalized spacial score (nSPS) is 10.2. The van der Waals surface area contributed by atoms with E-state index in [1.807, 2.05) is 0 Å². The van der Waals surface area contributed by atoms with Gasteiger partial charge in [-0.1, -0.05) is 6.07 Å². The van der Waals surface area contributed by atoms with Crippen molar-refractivity contribution in [2.24, 2.45) is 5.10 Å². The molecule has 0 fully saturated rings. The monoisotopic (exact) mass is 237 g/mol. The van der Waals surface area contributed by atoms with E-state index in [0.29, 0.717) is 5.56 Å². The molecule has 17 heavy (non-hydrogen) atoms. The second-order valence-corrected chi connectivity index (χ2v) is 3.12. The molecule has 7 nitrogen and oxygen atoms in total. The van der Waals surface area contributed by atoms with Crippen LogP contribution in [0.25, 0.3) is 0 Å². The van der Waals surface area contributed by atoms with Crippen LogP contribution in [-0.4, -0.2) is 24.3 Å². The van der Waals surface area contributed by atoms with Gasteiger partial charge in [-0.05, 0) is 13.0 Å². The fourth-order valence-electron chi connectivity index (χ4n) is 1.27. The van der Waals surface area contributed by atoms with Gasteiger partial charge < -0.3 is 4.74 Å². The predicted octanol–water partition coefficient (Wildman–Crippen LogP) is 1.22. The maximum atomic E-state index is 11.6. The standard InChI is InChI=1S/C10H11N3O4/c1-7-8(10(14)12-11-6-17-2)4-3-5-9(7)13(15)16/h3-6H,1-2H3,(H,12,14)/b11-6-. The van der Waals surface area contributed by atoms with Crippen LogP contribution in [0.1, 0.15) is 15.9 Å². The average molecular weight is 237 g/mol. The molecule has 0 aliphatic rings. The van der Waals surface area contributed by atoms with Crippen LogP contribution in [0.15, 0.2) is 23.3 Å². The predicted molar refractivity (Wildman–Crippen MR) is 60.8 cm³/mol. The van der Waals surface area contributed by atoms with Gasteiger partial charge in [0, 0.05) is 11.6 Å². The number of amides is 1. The number of methoxy groups -OCH3 is 1. The van der Waals surface area contributed by atoms with Gasteiger partial charge in [0.2, 0.25) is 0 Å². The van der Waals surface area contributed by atoms with Crippen molar-refractivity contribution in [1.29, 1.82) is 0 Å². The summed E-state index contributed by atoms with van der Waals surface area (Å²) in [6.07, 6.45) is 1.05. The van der Waals surface area contributed by atoms with Gasteiger partial charge in [-0.25, -0.2) is 5.43 Å². The quantitative estimate of drug-likeness (QED) is 0.368. The zero-order valence-electron chi connectivity index (χ0n) is 9.34. The van der Waals surface area contributed by atoms with Gasteiger partial charge in [-0.15, -0.1) is 5.10 Å². The van der Waals surface area contributed by atoms with Crippen LogP contribution in [0, 0.1) is 17.0 Å². The van der Waals surface area contributed by atoms with E-state index < -0.39 is 10.8 Å². The molecule has 0 aliphatic carbocycles. The van der Waals surface area contributed by atoms with E-state index in [0.717, 1.165) is 6.40 Å². The number of nitro groups is 1. The van der Waals surface area contributed by atoms with Crippen molar-refractivity contribution in [3.63, 3.8) is 0 Å². The van der Waals surface area contributed by atoms with E-state index in [1.54, 1.807) is 0 Å². The minimum Gasteiger partial charge on any atom is -0.485 e. The molecular weight excluding hydrogens is 226 g/mol. The zero-order valence-corrected chi connectivity index (χ0v) is 9.34. The molecular formula is C10H11N3O4. The molecule has 1 aromatic rings. The molecule has 0 spiro atoms. The molecule has 1 rings (SSSR count). The Labute approximate surface area is 97.2 Å². The molecule has 0 radical (unpaired) electrons. The molecule has 7 heteroatoms. The SMILES string of the molecule is CO/C=N\NC(=O)c1cccc([N+](=O)[O-])c1C. The molecule has 90 valence electrons. The maximum Gasteiger partial charge on any atom is 0.273 e. The number of nitro benzene ring substituents is 1. The highest BCUT2D eigenvalue weighted by molar-refractivity contribution is 5.96. The molecule has 1 amide bonds. The first-order valence-corrected chi connectivity index (χ1v) is 4.66. The Kier molecular flexibility index (Phi) is 4.15. The van der Waals surface area contributed by atoms with Crippen molar-refractivity contribution in [1.82, 2.24) is 5.43 Å². The lowest BCUT2D eigenvalue weighted by molar-refractivity contribution is -0.385. The summed E-state index contributed by atoms with van der Waals surface area (Å²) in [6, 6.07) is 4.27. The largest absolute Gasteiger partial charge is 0.485 e. The summed E-state index contributed by atoms with van der Waals surface area (Å²) in [5.74, 6) is -0.528. The molecule has 0 saturated heterocycles. The zero-order chi connectivity index (χ0) is 12.8. The molecule has 0 bridgehead atoms. The lowest BCUT2D eigenvalue weighted by Gasteiger charge is -2.04. The Bertz CT molecular complexity index is 471. The smallest absolute Gasteiger partial charge is 0.273 e. The van der Waals surface area contributed by atoms with Crippen molar-refractivity contribution in [2.45, 2.75) is 6.92 Å². The number of benzene rings is 1. The Hall–Kier alpha value is -2.44. The van der Waals surface area contributed by atoms with Crippen LogP contribution in [0.4, 0.5) is 5.69 Å². The van der Waals surface area contributed by atoms with Gasteiger partial charge in [0.25, 0.3) is 11.6 Å². The Balaban J connectivity index is 2.98. The van der Waals surface area contributed by atoms with E-state index in [4.69, 9.17) is 0 Å². The summed E-state index contributed by atoms with van der Waals surface area (Å²) < 4.78 is 4.51. The third kappa shape index (κ3) is 3.00. The van der Waals surface area contributed by atoms with Crippen LogP contribution < -0.4 is 5.43 Å². The number of rotatable bonds is 4.